The number of nitrogens with one attached hydrogen (secondary N) is 1. The van der Waals surface area contributed by atoms with E-state index in [4.69, 9.17) is 4.98 Å². The number of fused-ring (bicyclic) bond motifs is 1. The van der Waals surface area contributed by atoms with Crippen molar-refractivity contribution in [3.8, 4) is 0 Å². The first kappa shape index (κ1) is 17.1. The lowest BCUT2D eigenvalue weighted by Gasteiger charge is -2.30. The molecule has 0 unspecified atom stereocenters. The fourth-order valence-corrected chi connectivity index (χ4v) is 3.97. The molecule has 1 saturated heterocycles. The molecule has 0 radical (unpaired) electrons. The van der Waals surface area contributed by atoms with E-state index in [-0.39, 0.29) is 0 Å². The fourth-order valence-electron chi connectivity index (χ4n) is 3.97. The summed E-state index contributed by atoms with van der Waals surface area (Å²) in [5, 5.41) is 13.0. The van der Waals surface area contributed by atoms with Crippen molar-refractivity contribution in [2.24, 2.45) is 7.05 Å². The molecule has 28 heavy (non-hydrogen) atoms. The van der Waals surface area contributed by atoms with E-state index in [1.54, 1.807) is 11.0 Å². The summed E-state index contributed by atoms with van der Waals surface area (Å²) in [4.78, 5) is 14.6. The van der Waals surface area contributed by atoms with Crippen LogP contribution in [0.15, 0.2) is 36.9 Å². The molecule has 9 heteroatoms. The Kier molecular flexibility index (Phi) is 4.36. The molecule has 0 saturated carbocycles. The predicted octanol–water partition coefficient (Wildman–Crippen LogP) is 1.71. The van der Waals surface area contributed by atoms with Gasteiger partial charge in [-0.05, 0) is 38.1 Å². The van der Waals surface area contributed by atoms with Gasteiger partial charge in [-0.2, -0.15) is 5.10 Å². The first-order chi connectivity index (χ1) is 13.8. The molecule has 1 fully saturated rings. The normalized spacial score (nSPS) is 16.2. The predicted molar refractivity (Wildman–Crippen MR) is 103 cm³/mol. The molecule has 4 heterocycles. The second-order valence-corrected chi connectivity index (χ2v) is 7.38. The topological polar surface area (TPSA) is 93.3 Å². The summed E-state index contributed by atoms with van der Waals surface area (Å²) in [6.45, 7) is 3.52. The number of hydrogen-bond donors (Lipinski definition) is 1. The molecule has 0 atom stereocenters. The number of benzene rings is 1. The van der Waals surface area contributed by atoms with Gasteiger partial charge in [-0.1, -0.05) is 12.1 Å². The standard InChI is InChI=1S/C19H23N9/c1-26-18(11-28-13-20-12-21-28)24-25-19(26)14-6-8-27(9-7-14)10-17-22-15-4-2-3-5-16(15)23-17/h2-5,12-14H,6-11H2,1H3,(H,22,23). The quantitative estimate of drug-likeness (QED) is 0.569. The van der Waals surface area contributed by atoms with Crippen LogP contribution in [0, 0.1) is 0 Å². The number of imidazole rings is 1. The largest absolute Gasteiger partial charge is 0.341 e. The van der Waals surface area contributed by atoms with Crippen LogP contribution in [0.3, 0.4) is 0 Å². The number of piperidine rings is 1. The van der Waals surface area contributed by atoms with Crippen LogP contribution in [-0.4, -0.2) is 57.5 Å². The lowest BCUT2D eigenvalue weighted by Crippen LogP contribution is -2.33. The third kappa shape index (κ3) is 3.29. The number of nitrogens with zero attached hydrogens (tertiary/aromatic N) is 8. The lowest BCUT2D eigenvalue weighted by atomic mass is 9.96. The van der Waals surface area contributed by atoms with Gasteiger partial charge >= 0.3 is 0 Å². The van der Waals surface area contributed by atoms with E-state index < -0.39 is 0 Å². The number of hydrogen-bond acceptors (Lipinski definition) is 6. The van der Waals surface area contributed by atoms with Crippen molar-refractivity contribution in [1.29, 1.82) is 0 Å². The smallest absolute Gasteiger partial charge is 0.154 e. The molecule has 9 nitrogen and oxygen atoms in total. The molecule has 0 aliphatic carbocycles. The van der Waals surface area contributed by atoms with Crippen LogP contribution >= 0.6 is 0 Å². The maximum Gasteiger partial charge on any atom is 0.154 e. The third-order valence-corrected chi connectivity index (χ3v) is 5.53. The van der Waals surface area contributed by atoms with Gasteiger partial charge in [0.15, 0.2) is 5.82 Å². The van der Waals surface area contributed by atoms with E-state index in [0.29, 0.717) is 12.5 Å². The van der Waals surface area contributed by atoms with Gasteiger partial charge < -0.3 is 9.55 Å². The van der Waals surface area contributed by atoms with Crippen LogP contribution < -0.4 is 0 Å². The van der Waals surface area contributed by atoms with Crippen LogP contribution in [-0.2, 0) is 20.1 Å². The molecular weight excluding hydrogens is 354 g/mol. The van der Waals surface area contributed by atoms with Crippen molar-refractivity contribution < 1.29 is 0 Å². The maximum absolute atomic E-state index is 4.70. The van der Waals surface area contributed by atoms with Gasteiger partial charge in [-0.25, -0.2) is 14.6 Å². The average molecular weight is 377 g/mol. The number of likely N-dealkylation sites (tertiary alicyclic amines) is 1. The molecule has 1 aliphatic rings. The Morgan fingerprint density at radius 3 is 2.75 bits per heavy atom. The Hall–Kier alpha value is -3.07. The second-order valence-electron chi connectivity index (χ2n) is 7.38. The second kappa shape index (κ2) is 7.16. The van der Waals surface area contributed by atoms with E-state index in [2.05, 4.69) is 40.8 Å². The van der Waals surface area contributed by atoms with Gasteiger partial charge in [0, 0.05) is 13.0 Å². The Labute approximate surface area is 162 Å². The van der Waals surface area contributed by atoms with Crippen molar-refractivity contribution in [3.63, 3.8) is 0 Å². The van der Waals surface area contributed by atoms with Gasteiger partial charge in [0.05, 0.1) is 17.6 Å². The zero-order valence-corrected chi connectivity index (χ0v) is 15.9. The highest BCUT2D eigenvalue weighted by Gasteiger charge is 2.25. The number of rotatable bonds is 5. The van der Waals surface area contributed by atoms with Crippen molar-refractivity contribution in [3.05, 3.63) is 54.4 Å². The minimum absolute atomic E-state index is 0.439. The van der Waals surface area contributed by atoms with E-state index in [1.165, 1.54) is 6.33 Å². The SMILES string of the molecule is Cn1c(Cn2cncn2)nnc1C1CCN(Cc2nc3ccccc3[nH]2)CC1. The molecule has 0 spiro atoms. The Morgan fingerprint density at radius 2 is 1.96 bits per heavy atom. The molecule has 1 aromatic carbocycles. The first-order valence-corrected chi connectivity index (χ1v) is 9.63. The highest BCUT2D eigenvalue weighted by molar-refractivity contribution is 5.74. The summed E-state index contributed by atoms with van der Waals surface area (Å²) >= 11 is 0. The highest BCUT2D eigenvalue weighted by atomic mass is 15.4. The Balaban J connectivity index is 1.21. The van der Waals surface area contributed by atoms with Crippen LogP contribution in [0.4, 0.5) is 0 Å². The molecular formula is C19H23N9. The summed E-state index contributed by atoms with van der Waals surface area (Å²) in [6.07, 6.45) is 5.39. The van der Waals surface area contributed by atoms with E-state index >= 15 is 0 Å². The Morgan fingerprint density at radius 1 is 1.11 bits per heavy atom. The van der Waals surface area contributed by atoms with E-state index in [0.717, 1.165) is 61.0 Å². The summed E-state index contributed by atoms with van der Waals surface area (Å²) in [6, 6.07) is 8.18. The number of aromatic amines is 1. The molecule has 0 amide bonds. The molecule has 4 aromatic rings. The zero-order valence-electron chi connectivity index (χ0n) is 15.9. The van der Waals surface area contributed by atoms with Gasteiger partial charge in [0.1, 0.15) is 30.8 Å². The summed E-state index contributed by atoms with van der Waals surface area (Å²) < 4.78 is 3.88. The van der Waals surface area contributed by atoms with Crippen LogP contribution in [0.5, 0.6) is 0 Å². The molecule has 3 aromatic heterocycles. The summed E-state index contributed by atoms with van der Waals surface area (Å²) in [5.41, 5.74) is 2.14. The summed E-state index contributed by atoms with van der Waals surface area (Å²) in [7, 11) is 2.04. The number of aromatic nitrogens is 8. The molecule has 0 bridgehead atoms. The van der Waals surface area contributed by atoms with Crippen LogP contribution in [0.25, 0.3) is 11.0 Å². The van der Waals surface area contributed by atoms with Crippen molar-refractivity contribution >= 4 is 11.0 Å². The van der Waals surface area contributed by atoms with E-state index in [9.17, 15) is 0 Å². The van der Waals surface area contributed by atoms with Crippen molar-refractivity contribution in [2.75, 3.05) is 13.1 Å². The van der Waals surface area contributed by atoms with Gasteiger partial charge in [0.25, 0.3) is 0 Å². The summed E-state index contributed by atoms with van der Waals surface area (Å²) in [5.74, 6) is 3.45. The Bertz CT molecular complexity index is 1020. The van der Waals surface area contributed by atoms with Gasteiger partial charge in [-0.15, -0.1) is 10.2 Å². The highest BCUT2D eigenvalue weighted by Crippen LogP contribution is 2.27. The minimum Gasteiger partial charge on any atom is -0.341 e. The van der Waals surface area contributed by atoms with Gasteiger partial charge in [-0.3, -0.25) is 4.90 Å². The average Bonchev–Trinajstić information content (AvgIpc) is 3.44. The van der Waals surface area contributed by atoms with Crippen LogP contribution in [0.1, 0.15) is 36.2 Å². The lowest BCUT2D eigenvalue weighted by molar-refractivity contribution is 0.196. The minimum atomic E-state index is 0.439. The van der Waals surface area contributed by atoms with Crippen LogP contribution in [0.2, 0.25) is 0 Å². The fraction of sp³-hybridized carbons (Fsp3) is 0.421. The monoisotopic (exact) mass is 377 g/mol. The molecule has 144 valence electrons. The third-order valence-electron chi connectivity index (χ3n) is 5.53. The first-order valence-electron chi connectivity index (χ1n) is 9.63. The van der Waals surface area contributed by atoms with Gasteiger partial charge in [0.2, 0.25) is 0 Å². The zero-order chi connectivity index (χ0) is 18.9. The molecule has 1 N–H and O–H groups in total. The molecule has 5 rings (SSSR count). The number of para-hydroxylation sites is 2. The van der Waals surface area contributed by atoms with E-state index in [1.807, 2.05) is 25.2 Å². The number of H-pyrrole nitrogens is 1. The van der Waals surface area contributed by atoms with Crippen molar-refractivity contribution in [2.45, 2.75) is 31.8 Å². The molecule has 1 aliphatic heterocycles. The maximum atomic E-state index is 4.70. The van der Waals surface area contributed by atoms with Crippen molar-refractivity contribution in [1.82, 2.24) is 44.4 Å².